The lowest BCUT2D eigenvalue weighted by Crippen LogP contribution is -2.25. The Morgan fingerprint density at radius 1 is 1.40 bits per heavy atom. The van der Waals surface area contributed by atoms with Gasteiger partial charge in [0.2, 0.25) is 5.91 Å². The van der Waals surface area contributed by atoms with Gasteiger partial charge in [-0.3, -0.25) is 4.79 Å². The molecule has 0 radical (unpaired) electrons. The normalized spacial score (nSPS) is 13.8. The number of pyridine rings is 1. The number of aromatic nitrogens is 1. The van der Waals surface area contributed by atoms with Crippen molar-refractivity contribution < 1.29 is 14.7 Å². The summed E-state index contributed by atoms with van der Waals surface area (Å²) in [7, 11) is 0. The number of halogens is 1. The summed E-state index contributed by atoms with van der Waals surface area (Å²) < 4.78 is 0. The molecule has 20 heavy (non-hydrogen) atoms. The zero-order valence-electron chi connectivity index (χ0n) is 10.9. The molecule has 0 bridgehead atoms. The number of carboxylic acids is 1. The van der Waals surface area contributed by atoms with E-state index in [1.165, 1.54) is 12.1 Å². The molecule has 1 aliphatic carbocycles. The topological polar surface area (TPSA) is 91.3 Å². The van der Waals surface area contributed by atoms with Crippen LogP contribution in [0.4, 0.5) is 5.82 Å². The zero-order chi connectivity index (χ0) is 14.5. The van der Waals surface area contributed by atoms with Crippen LogP contribution in [0.25, 0.3) is 0 Å². The minimum absolute atomic E-state index is 0.0552. The van der Waals surface area contributed by atoms with Gasteiger partial charge in [-0.05, 0) is 31.4 Å². The van der Waals surface area contributed by atoms with E-state index in [9.17, 15) is 9.59 Å². The number of amides is 1. The number of aromatic carboxylic acids is 1. The first-order valence-electron chi connectivity index (χ1n) is 6.49. The summed E-state index contributed by atoms with van der Waals surface area (Å²) in [5.41, 5.74) is 0.0824. The van der Waals surface area contributed by atoms with E-state index in [0.29, 0.717) is 31.2 Å². The highest BCUT2D eigenvalue weighted by Crippen LogP contribution is 2.18. The van der Waals surface area contributed by atoms with Crippen LogP contribution < -0.4 is 10.6 Å². The summed E-state index contributed by atoms with van der Waals surface area (Å²) in [5.74, 6) is -0.599. The third-order valence-electron chi connectivity index (χ3n) is 2.87. The highest BCUT2D eigenvalue weighted by Gasteiger charge is 2.22. The lowest BCUT2D eigenvalue weighted by atomic mass is 10.2. The third-order valence-corrected chi connectivity index (χ3v) is 3.06. The lowest BCUT2D eigenvalue weighted by Gasteiger charge is -2.07. The Hall–Kier alpha value is -1.82. The van der Waals surface area contributed by atoms with Crippen LogP contribution >= 0.6 is 11.6 Å². The van der Waals surface area contributed by atoms with Crippen molar-refractivity contribution in [2.24, 2.45) is 0 Å². The molecule has 0 saturated heterocycles. The Kier molecular flexibility index (Phi) is 4.79. The van der Waals surface area contributed by atoms with Gasteiger partial charge in [0.15, 0.2) is 0 Å². The predicted molar refractivity (Wildman–Crippen MR) is 75.1 cm³/mol. The monoisotopic (exact) mass is 297 g/mol. The third kappa shape index (κ3) is 4.70. The highest BCUT2D eigenvalue weighted by atomic mass is 35.5. The molecule has 3 N–H and O–H groups in total. The van der Waals surface area contributed by atoms with Gasteiger partial charge in [0.1, 0.15) is 11.0 Å². The van der Waals surface area contributed by atoms with Crippen LogP contribution in [-0.2, 0) is 4.79 Å². The molecule has 1 amide bonds. The van der Waals surface area contributed by atoms with Gasteiger partial charge in [-0.2, -0.15) is 0 Å². The molecule has 108 valence electrons. The summed E-state index contributed by atoms with van der Waals surface area (Å²) in [6.07, 6.45) is 3.24. The number of hydrogen-bond donors (Lipinski definition) is 3. The SMILES string of the molecule is O=C(CCCNc1cc(C(=O)O)cc(Cl)n1)NC1CC1. The van der Waals surface area contributed by atoms with E-state index in [0.717, 1.165) is 12.8 Å². The average Bonchev–Trinajstić information content (AvgIpc) is 3.18. The van der Waals surface area contributed by atoms with Gasteiger partial charge in [0.05, 0.1) is 5.56 Å². The Bertz CT molecular complexity index is 518. The minimum Gasteiger partial charge on any atom is -0.478 e. The Balaban J connectivity index is 1.75. The number of hydrogen-bond acceptors (Lipinski definition) is 4. The second kappa shape index (κ2) is 6.56. The van der Waals surface area contributed by atoms with Gasteiger partial charge >= 0.3 is 5.97 Å². The van der Waals surface area contributed by atoms with Gasteiger partial charge in [-0.1, -0.05) is 11.6 Å². The average molecular weight is 298 g/mol. The molecule has 6 nitrogen and oxygen atoms in total. The Morgan fingerprint density at radius 2 is 2.15 bits per heavy atom. The molecule has 1 heterocycles. The minimum atomic E-state index is -1.05. The van der Waals surface area contributed by atoms with E-state index in [4.69, 9.17) is 16.7 Å². The van der Waals surface area contributed by atoms with E-state index >= 15 is 0 Å². The quantitative estimate of drug-likeness (QED) is 0.528. The summed E-state index contributed by atoms with van der Waals surface area (Å²) in [5, 5.41) is 14.9. The maximum atomic E-state index is 11.4. The number of carbonyl (C=O) groups is 2. The van der Waals surface area contributed by atoms with Gasteiger partial charge in [-0.25, -0.2) is 9.78 Å². The van der Waals surface area contributed by atoms with Crippen molar-refractivity contribution in [1.82, 2.24) is 10.3 Å². The van der Waals surface area contributed by atoms with Crippen molar-refractivity contribution in [2.45, 2.75) is 31.7 Å². The molecule has 0 spiro atoms. The van der Waals surface area contributed by atoms with Crippen LogP contribution in [0.1, 0.15) is 36.0 Å². The van der Waals surface area contributed by atoms with E-state index in [2.05, 4.69) is 15.6 Å². The predicted octanol–water partition coefficient (Wildman–Crippen LogP) is 1.90. The summed E-state index contributed by atoms with van der Waals surface area (Å²) in [4.78, 5) is 26.3. The van der Waals surface area contributed by atoms with Crippen LogP contribution in [0, 0.1) is 0 Å². The smallest absolute Gasteiger partial charge is 0.335 e. The molecule has 1 aliphatic rings. The molecule has 2 rings (SSSR count). The second-order valence-corrected chi connectivity index (χ2v) is 5.13. The van der Waals surface area contributed by atoms with Gasteiger partial charge < -0.3 is 15.7 Å². The van der Waals surface area contributed by atoms with Crippen LogP contribution in [-0.4, -0.2) is 34.6 Å². The van der Waals surface area contributed by atoms with Crippen molar-refractivity contribution >= 4 is 29.3 Å². The Morgan fingerprint density at radius 3 is 2.80 bits per heavy atom. The molecule has 1 fully saturated rings. The molecule has 0 unspecified atom stereocenters. The maximum absolute atomic E-state index is 11.4. The molecule has 0 aliphatic heterocycles. The zero-order valence-corrected chi connectivity index (χ0v) is 11.6. The molecule has 1 saturated carbocycles. The van der Waals surface area contributed by atoms with E-state index < -0.39 is 5.97 Å². The van der Waals surface area contributed by atoms with Gasteiger partial charge in [0.25, 0.3) is 0 Å². The van der Waals surface area contributed by atoms with Crippen LogP contribution in [0.2, 0.25) is 5.15 Å². The largest absolute Gasteiger partial charge is 0.478 e. The van der Waals surface area contributed by atoms with E-state index in [1.54, 1.807) is 0 Å². The fraction of sp³-hybridized carbons (Fsp3) is 0.462. The lowest BCUT2D eigenvalue weighted by molar-refractivity contribution is -0.121. The first-order valence-corrected chi connectivity index (χ1v) is 6.86. The molecule has 1 aromatic rings. The summed E-state index contributed by atoms with van der Waals surface area (Å²) >= 11 is 5.74. The number of anilines is 1. The second-order valence-electron chi connectivity index (χ2n) is 4.74. The Labute approximate surface area is 121 Å². The van der Waals surface area contributed by atoms with Crippen molar-refractivity contribution in [3.63, 3.8) is 0 Å². The first-order chi connectivity index (χ1) is 9.54. The fourth-order valence-electron chi connectivity index (χ4n) is 1.70. The molecule has 0 aromatic carbocycles. The number of rotatable bonds is 7. The fourth-order valence-corrected chi connectivity index (χ4v) is 1.91. The first kappa shape index (κ1) is 14.6. The van der Waals surface area contributed by atoms with Gasteiger partial charge in [-0.15, -0.1) is 0 Å². The van der Waals surface area contributed by atoms with Crippen molar-refractivity contribution in [2.75, 3.05) is 11.9 Å². The van der Waals surface area contributed by atoms with E-state index in [1.807, 2.05) is 0 Å². The van der Waals surface area contributed by atoms with Crippen molar-refractivity contribution in [3.8, 4) is 0 Å². The summed E-state index contributed by atoms with van der Waals surface area (Å²) in [6, 6.07) is 3.08. The number of carbonyl (C=O) groups excluding carboxylic acids is 1. The van der Waals surface area contributed by atoms with Crippen molar-refractivity contribution in [1.29, 1.82) is 0 Å². The van der Waals surface area contributed by atoms with Crippen LogP contribution in [0.5, 0.6) is 0 Å². The number of nitrogens with one attached hydrogen (secondary N) is 2. The molecule has 0 atom stereocenters. The molecule has 1 aromatic heterocycles. The van der Waals surface area contributed by atoms with Crippen molar-refractivity contribution in [3.05, 3.63) is 22.8 Å². The molecule has 7 heteroatoms. The van der Waals surface area contributed by atoms with Gasteiger partial charge in [0, 0.05) is 19.0 Å². The highest BCUT2D eigenvalue weighted by molar-refractivity contribution is 6.29. The number of nitrogens with zero attached hydrogens (tertiary/aromatic N) is 1. The summed E-state index contributed by atoms with van der Waals surface area (Å²) in [6.45, 7) is 0.532. The van der Waals surface area contributed by atoms with Crippen LogP contribution in [0.3, 0.4) is 0 Å². The molecular weight excluding hydrogens is 282 g/mol. The molecular formula is C13H16ClN3O3. The number of carboxylic acid groups (broad SMARTS) is 1. The standard InChI is InChI=1S/C13H16ClN3O3/c14-10-6-8(13(19)20)7-11(17-10)15-5-1-2-12(18)16-9-3-4-9/h6-7,9H,1-5H2,(H,15,17)(H,16,18)(H,19,20). The van der Waals surface area contributed by atoms with Crippen LogP contribution in [0.15, 0.2) is 12.1 Å². The van der Waals surface area contributed by atoms with E-state index in [-0.39, 0.29) is 16.6 Å². The maximum Gasteiger partial charge on any atom is 0.335 e.